The average Bonchev–Trinajstić information content (AvgIpc) is 2.60. The van der Waals surface area contributed by atoms with Gasteiger partial charge in [0.15, 0.2) is 0 Å². The van der Waals surface area contributed by atoms with Gasteiger partial charge in [0.2, 0.25) is 0 Å². The fourth-order valence-corrected chi connectivity index (χ4v) is 2.70. The van der Waals surface area contributed by atoms with Gasteiger partial charge in [-0.25, -0.2) is 9.97 Å². The van der Waals surface area contributed by atoms with Crippen LogP contribution in [0.4, 0.5) is 5.82 Å². The summed E-state index contributed by atoms with van der Waals surface area (Å²) in [5.41, 5.74) is 8.09. The highest BCUT2D eigenvalue weighted by molar-refractivity contribution is 5.97. The summed E-state index contributed by atoms with van der Waals surface area (Å²) in [7, 11) is 3.10. The Bertz CT molecular complexity index is 748. The molecule has 2 heterocycles. The second kappa shape index (κ2) is 6.12. The van der Waals surface area contributed by atoms with Crippen LogP contribution in [0.5, 0.6) is 11.5 Å². The molecule has 0 radical (unpaired) electrons. The van der Waals surface area contributed by atoms with Crippen LogP contribution in [-0.2, 0) is 13.0 Å². The summed E-state index contributed by atoms with van der Waals surface area (Å²) >= 11 is 0. The average molecular weight is 314 g/mol. The number of nitrogens with zero attached hydrogens (tertiary/aromatic N) is 3. The third-order valence-electron chi connectivity index (χ3n) is 3.97. The van der Waals surface area contributed by atoms with Crippen LogP contribution in [0.15, 0.2) is 24.5 Å². The zero-order chi connectivity index (χ0) is 16.4. The van der Waals surface area contributed by atoms with Crippen LogP contribution >= 0.6 is 0 Å². The molecule has 1 aromatic heterocycles. The normalized spacial score (nSPS) is 13.4. The lowest BCUT2D eigenvalue weighted by Gasteiger charge is -2.28. The van der Waals surface area contributed by atoms with E-state index in [1.165, 1.54) is 13.4 Å². The number of hydrogen-bond acceptors (Lipinski definition) is 6. The van der Waals surface area contributed by atoms with Gasteiger partial charge in [-0.3, -0.25) is 4.79 Å². The summed E-state index contributed by atoms with van der Waals surface area (Å²) in [5, 5.41) is 0. The van der Waals surface area contributed by atoms with E-state index in [-0.39, 0.29) is 5.91 Å². The number of ether oxygens (including phenoxy) is 2. The van der Waals surface area contributed by atoms with Gasteiger partial charge in [-0.2, -0.15) is 0 Å². The highest BCUT2D eigenvalue weighted by atomic mass is 16.5. The first-order valence-corrected chi connectivity index (χ1v) is 7.23. The van der Waals surface area contributed by atoms with Gasteiger partial charge in [-0.15, -0.1) is 0 Å². The molecule has 23 heavy (non-hydrogen) atoms. The SMILES string of the molecule is COc1ccc(C(=O)N2CCc3c(N)ncnc3C2)c(OC)c1. The molecule has 120 valence electrons. The Labute approximate surface area is 134 Å². The van der Waals surface area contributed by atoms with Crippen molar-refractivity contribution < 1.29 is 14.3 Å². The third-order valence-corrected chi connectivity index (χ3v) is 3.97. The molecule has 0 spiro atoms. The Morgan fingerprint density at radius 2 is 2.09 bits per heavy atom. The molecule has 0 atom stereocenters. The first-order chi connectivity index (χ1) is 11.1. The minimum absolute atomic E-state index is 0.104. The molecule has 0 unspecified atom stereocenters. The van der Waals surface area contributed by atoms with E-state index in [0.717, 1.165) is 11.3 Å². The topological polar surface area (TPSA) is 90.6 Å². The molecule has 1 aliphatic rings. The summed E-state index contributed by atoms with van der Waals surface area (Å²) in [6, 6.07) is 5.16. The van der Waals surface area contributed by atoms with Crippen LogP contribution in [0.2, 0.25) is 0 Å². The minimum Gasteiger partial charge on any atom is -0.497 e. The number of amides is 1. The van der Waals surface area contributed by atoms with E-state index in [4.69, 9.17) is 15.2 Å². The largest absolute Gasteiger partial charge is 0.497 e. The van der Waals surface area contributed by atoms with Gasteiger partial charge in [0.25, 0.3) is 5.91 Å². The van der Waals surface area contributed by atoms with E-state index < -0.39 is 0 Å². The zero-order valence-electron chi connectivity index (χ0n) is 13.1. The van der Waals surface area contributed by atoms with Gasteiger partial charge < -0.3 is 20.1 Å². The summed E-state index contributed by atoms with van der Waals surface area (Å²) < 4.78 is 10.5. The first-order valence-electron chi connectivity index (χ1n) is 7.23. The number of anilines is 1. The van der Waals surface area contributed by atoms with Gasteiger partial charge in [-0.1, -0.05) is 0 Å². The van der Waals surface area contributed by atoms with Gasteiger partial charge >= 0.3 is 0 Å². The molecule has 0 saturated heterocycles. The Morgan fingerprint density at radius 1 is 1.26 bits per heavy atom. The van der Waals surface area contributed by atoms with Crippen LogP contribution in [0.1, 0.15) is 21.6 Å². The lowest BCUT2D eigenvalue weighted by molar-refractivity contribution is 0.0728. The molecule has 2 N–H and O–H groups in total. The monoisotopic (exact) mass is 314 g/mol. The molecule has 7 heteroatoms. The molecular weight excluding hydrogens is 296 g/mol. The Hall–Kier alpha value is -2.83. The second-order valence-corrected chi connectivity index (χ2v) is 5.23. The standard InChI is InChI=1S/C16H18N4O3/c1-22-10-3-4-12(14(7-10)23-2)16(21)20-6-5-11-13(8-20)18-9-19-15(11)17/h3-4,7,9H,5-6,8H2,1-2H3,(H2,17,18,19). The molecule has 0 aliphatic carbocycles. The van der Waals surface area contributed by atoms with E-state index >= 15 is 0 Å². The lowest BCUT2D eigenvalue weighted by Crippen LogP contribution is -2.37. The van der Waals surface area contributed by atoms with Crippen molar-refractivity contribution >= 4 is 11.7 Å². The minimum atomic E-state index is -0.104. The molecule has 1 aliphatic heterocycles. The van der Waals surface area contributed by atoms with Crippen LogP contribution in [0.25, 0.3) is 0 Å². The number of carbonyl (C=O) groups is 1. The summed E-state index contributed by atoms with van der Waals surface area (Å²) in [6.45, 7) is 0.981. The number of nitrogens with two attached hydrogens (primary N) is 1. The number of methoxy groups -OCH3 is 2. The smallest absolute Gasteiger partial charge is 0.257 e. The lowest BCUT2D eigenvalue weighted by atomic mass is 10.0. The molecule has 1 amide bonds. The van der Waals surface area contributed by atoms with Crippen molar-refractivity contribution in [1.29, 1.82) is 0 Å². The maximum atomic E-state index is 12.8. The number of benzene rings is 1. The van der Waals surface area contributed by atoms with Gasteiger partial charge in [0.1, 0.15) is 23.6 Å². The number of rotatable bonds is 3. The van der Waals surface area contributed by atoms with Crippen LogP contribution in [-0.4, -0.2) is 41.5 Å². The number of nitrogen functional groups attached to an aromatic ring is 1. The van der Waals surface area contributed by atoms with Gasteiger partial charge in [0, 0.05) is 18.2 Å². The predicted octanol–water partition coefficient (Wildman–Crippen LogP) is 1.27. The van der Waals surface area contributed by atoms with E-state index in [0.29, 0.717) is 42.4 Å². The molecule has 0 saturated carbocycles. The van der Waals surface area contributed by atoms with Crippen molar-refractivity contribution in [2.45, 2.75) is 13.0 Å². The number of fused-ring (bicyclic) bond motifs is 1. The summed E-state index contributed by atoms with van der Waals surface area (Å²) in [6.07, 6.45) is 2.07. The van der Waals surface area contributed by atoms with Crippen LogP contribution < -0.4 is 15.2 Å². The Morgan fingerprint density at radius 3 is 2.83 bits per heavy atom. The number of hydrogen-bond donors (Lipinski definition) is 1. The van der Waals surface area contributed by atoms with Crippen molar-refractivity contribution in [1.82, 2.24) is 14.9 Å². The van der Waals surface area contributed by atoms with E-state index in [1.807, 2.05) is 0 Å². The molecule has 7 nitrogen and oxygen atoms in total. The highest BCUT2D eigenvalue weighted by Crippen LogP contribution is 2.28. The quantitative estimate of drug-likeness (QED) is 0.917. The van der Waals surface area contributed by atoms with E-state index in [9.17, 15) is 4.79 Å². The van der Waals surface area contributed by atoms with E-state index in [1.54, 1.807) is 30.2 Å². The molecule has 3 rings (SSSR count). The Balaban J connectivity index is 1.87. The maximum absolute atomic E-state index is 12.8. The number of aromatic nitrogens is 2. The molecular formula is C16H18N4O3. The summed E-state index contributed by atoms with van der Waals surface area (Å²) in [5.74, 6) is 1.52. The van der Waals surface area contributed by atoms with Crippen LogP contribution in [0.3, 0.4) is 0 Å². The summed E-state index contributed by atoms with van der Waals surface area (Å²) in [4.78, 5) is 22.8. The second-order valence-electron chi connectivity index (χ2n) is 5.23. The van der Waals surface area contributed by atoms with Gasteiger partial charge in [0.05, 0.1) is 32.0 Å². The van der Waals surface area contributed by atoms with Crippen molar-refractivity contribution in [3.05, 3.63) is 41.3 Å². The zero-order valence-corrected chi connectivity index (χ0v) is 13.1. The highest BCUT2D eigenvalue weighted by Gasteiger charge is 2.26. The van der Waals surface area contributed by atoms with Crippen molar-refractivity contribution in [2.75, 3.05) is 26.5 Å². The molecule has 2 aromatic rings. The first kappa shape index (κ1) is 15.1. The fraction of sp³-hybridized carbons (Fsp3) is 0.312. The van der Waals surface area contributed by atoms with Crippen molar-refractivity contribution in [3.8, 4) is 11.5 Å². The van der Waals surface area contributed by atoms with Gasteiger partial charge in [-0.05, 0) is 18.6 Å². The molecule has 1 aromatic carbocycles. The number of carbonyl (C=O) groups excluding carboxylic acids is 1. The van der Waals surface area contributed by atoms with Crippen LogP contribution in [0, 0.1) is 0 Å². The molecule has 0 fully saturated rings. The predicted molar refractivity (Wildman–Crippen MR) is 84.4 cm³/mol. The third kappa shape index (κ3) is 2.77. The van der Waals surface area contributed by atoms with Crippen molar-refractivity contribution in [2.24, 2.45) is 0 Å². The fourth-order valence-electron chi connectivity index (χ4n) is 2.70. The van der Waals surface area contributed by atoms with Crippen molar-refractivity contribution in [3.63, 3.8) is 0 Å². The maximum Gasteiger partial charge on any atom is 0.257 e. The Kier molecular flexibility index (Phi) is 4.01. The van der Waals surface area contributed by atoms with E-state index in [2.05, 4.69) is 9.97 Å². The molecule has 0 bridgehead atoms.